The molecule has 0 aromatic heterocycles. The highest BCUT2D eigenvalue weighted by molar-refractivity contribution is 5.26. The lowest BCUT2D eigenvalue weighted by Gasteiger charge is -2.48. The molecule has 0 aromatic rings. The van der Waals surface area contributed by atoms with Gasteiger partial charge in [-0.3, -0.25) is 0 Å². The van der Waals surface area contributed by atoms with Crippen molar-refractivity contribution in [3.8, 4) is 0 Å². The van der Waals surface area contributed by atoms with Crippen LogP contribution in [0.4, 0.5) is 241 Å². The fraction of sp³-hybridized carbons (Fsp3) is 0.929. The Labute approximate surface area is 409 Å². The number of rotatable bonds is 25. The predicted molar refractivity (Wildman–Crippen MR) is 140 cm³/mol. The maximum absolute atomic E-state index is 14.2. The van der Waals surface area contributed by atoms with Gasteiger partial charge in [0.25, 0.3) is 0 Å². The van der Waals surface area contributed by atoms with Crippen LogP contribution in [-0.4, -0.2) is 154 Å². The van der Waals surface area contributed by atoms with E-state index in [0.717, 1.165) is 0 Å². The van der Waals surface area contributed by atoms with Gasteiger partial charge in [0.15, 0.2) is 0 Å². The molecule has 0 saturated heterocycles. The van der Waals surface area contributed by atoms with Crippen LogP contribution in [0.25, 0.3) is 0 Å². The Kier molecular flexibility index (Phi) is 18.0. The summed E-state index contributed by atoms with van der Waals surface area (Å²) in [4.78, 5) is 0. The Morgan fingerprint density at radius 2 is 0.229 bits per heavy atom. The van der Waals surface area contributed by atoms with Gasteiger partial charge < -0.3 is 0 Å². The summed E-state index contributed by atoms with van der Waals surface area (Å²) in [5, 5.41) is 0. The SMILES string of the molecule is FC=C(F)C(F)(F)C(F)(F)C(F)(F)C(F)(F)C(F)(F)C(F)(F)C(F)(F)C(F)(F)C(F)(F)C(F)(F)C(F)(F)C(F)(F)C(F)(F)C(F)(F)C(F)(F)C(F)(F)C(F)(F)C(F)(F)C(F)(F)C(F)(F)C(F)(F)C(F)(F)C(F)(F)C(F)(F)C(F)(F)C(F)(F)F. The topological polar surface area (TPSA) is 0 Å². The molecule has 0 unspecified atom stereocenters. The highest BCUT2D eigenvalue weighted by Gasteiger charge is 3.05. The summed E-state index contributed by atoms with van der Waals surface area (Å²) < 4.78 is 755. The van der Waals surface area contributed by atoms with Gasteiger partial charge in [-0.25, -0.2) is 8.78 Å². The standard InChI is InChI=1S/C28HF55/c29-1-2(30)3(31,32)4(33,34)5(35,36)6(37,38)7(39,40)8(41,42)9(43,44)10(45,46)11(47,48)12(49,50)13(51,52)14(53,54)15(55,56)16(57,58)17(59,60)18(61,62)19(63,64)20(65,66)21(67,68)22(69,70)23(71,72)24(73,74)25(75,76)26(77,78)27(79,80)28(81,82)83/h1H. The van der Waals surface area contributed by atoms with Gasteiger partial charge in [-0.05, 0) is 0 Å². The van der Waals surface area contributed by atoms with Gasteiger partial charge >= 0.3 is 154 Å². The Morgan fingerprint density at radius 3 is 0.313 bits per heavy atom. The van der Waals surface area contributed by atoms with Crippen molar-refractivity contribution in [2.45, 2.75) is 154 Å². The molecule has 0 aromatic carbocycles. The summed E-state index contributed by atoms with van der Waals surface area (Å²) in [5.41, 5.74) is 0. The minimum Gasteiger partial charge on any atom is -0.212 e. The van der Waals surface area contributed by atoms with Crippen LogP contribution in [-0.2, 0) is 0 Å². The zero-order valence-corrected chi connectivity index (χ0v) is 34.9. The van der Waals surface area contributed by atoms with E-state index in [0.29, 0.717) is 0 Å². The van der Waals surface area contributed by atoms with Gasteiger partial charge in [-0.2, -0.15) is 233 Å². The zero-order chi connectivity index (χ0) is 69.3. The third kappa shape index (κ3) is 8.56. The first kappa shape index (κ1) is 78.9. The average molecular weight is 1380 g/mol. The fourth-order valence-corrected chi connectivity index (χ4v) is 4.93. The lowest BCUT2D eigenvalue weighted by molar-refractivity contribution is -0.499. The molecule has 0 radical (unpaired) electrons. The number of allylic oxidation sites excluding steroid dienone is 1. The van der Waals surface area contributed by atoms with E-state index in [-0.39, 0.29) is 0 Å². The van der Waals surface area contributed by atoms with Gasteiger partial charge in [0.05, 0.1) is 0 Å². The molecule has 498 valence electrons. The Bertz CT molecular complexity index is 2370. The lowest BCUT2D eigenvalue weighted by Crippen LogP contribution is -2.81. The van der Waals surface area contributed by atoms with E-state index >= 15 is 0 Å². The molecule has 0 aliphatic heterocycles. The molecule has 0 aliphatic rings. The molecule has 83 heavy (non-hydrogen) atoms. The molecular formula is C28HF55. The molecule has 0 bridgehead atoms. The molecule has 0 N–H and O–H groups in total. The Morgan fingerprint density at radius 1 is 0.145 bits per heavy atom. The average Bonchev–Trinajstić information content (AvgIpc) is 3.26. The van der Waals surface area contributed by atoms with Crippen LogP contribution in [0.3, 0.4) is 0 Å². The molecule has 0 saturated carbocycles. The van der Waals surface area contributed by atoms with Gasteiger partial charge in [0, 0.05) is 0 Å². The summed E-state index contributed by atoms with van der Waals surface area (Å²) in [6.07, 6.45) is -11.5. The minimum absolute atomic E-state index is 2.82. The van der Waals surface area contributed by atoms with E-state index in [1.54, 1.807) is 0 Å². The zero-order valence-electron chi connectivity index (χ0n) is 34.9. The largest absolute Gasteiger partial charge is 0.460 e. The van der Waals surface area contributed by atoms with Gasteiger partial charge in [-0.1, -0.05) is 0 Å². The summed E-state index contributed by atoms with van der Waals surface area (Å²) in [5.74, 6) is -267. The van der Waals surface area contributed by atoms with Crippen LogP contribution < -0.4 is 0 Å². The molecule has 0 amide bonds. The minimum atomic E-state index is -11.1. The predicted octanol–water partition coefficient (Wildman–Crippen LogP) is 18.2. The maximum Gasteiger partial charge on any atom is 0.460 e. The van der Waals surface area contributed by atoms with Crippen molar-refractivity contribution in [1.29, 1.82) is 0 Å². The normalized spacial score (nSPS) is 17.7. The third-order valence-corrected chi connectivity index (χ3v) is 10.2. The Hall–Kier alpha value is -4.11. The molecule has 0 aliphatic carbocycles. The highest BCUT2D eigenvalue weighted by Crippen LogP contribution is 2.73. The molecular weight excluding hydrogens is 1380 g/mol. The van der Waals surface area contributed by atoms with Crippen LogP contribution in [0.15, 0.2) is 12.2 Å². The van der Waals surface area contributed by atoms with E-state index in [2.05, 4.69) is 0 Å². The van der Waals surface area contributed by atoms with Crippen LogP contribution in [0.5, 0.6) is 0 Å². The van der Waals surface area contributed by atoms with E-state index in [4.69, 9.17) is 0 Å². The van der Waals surface area contributed by atoms with Crippen LogP contribution >= 0.6 is 0 Å². The smallest absolute Gasteiger partial charge is 0.212 e. The third-order valence-electron chi connectivity index (χ3n) is 10.2. The van der Waals surface area contributed by atoms with Crippen molar-refractivity contribution in [2.75, 3.05) is 0 Å². The Balaban J connectivity index is 8.30. The van der Waals surface area contributed by atoms with E-state index < -0.39 is 166 Å². The molecule has 0 heterocycles. The van der Waals surface area contributed by atoms with E-state index in [1.165, 1.54) is 0 Å². The van der Waals surface area contributed by atoms with E-state index in [9.17, 15) is 241 Å². The van der Waals surface area contributed by atoms with Crippen molar-refractivity contribution in [1.82, 2.24) is 0 Å². The van der Waals surface area contributed by atoms with Crippen molar-refractivity contribution in [3.05, 3.63) is 12.2 Å². The van der Waals surface area contributed by atoms with Gasteiger partial charge in [0.2, 0.25) is 5.83 Å². The van der Waals surface area contributed by atoms with Crippen molar-refractivity contribution < 1.29 is 241 Å². The van der Waals surface area contributed by atoms with Crippen molar-refractivity contribution >= 4 is 0 Å². The first-order valence-corrected chi connectivity index (χ1v) is 17.2. The van der Waals surface area contributed by atoms with Crippen molar-refractivity contribution in [2.24, 2.45) is 0 Å². The monoisotopic (exact) mass is 1380 g/mol. The van der Waals surface area contributed by atoms with Crippen LogP contribution in [0.1, 0.15) is 0 Å². The van der Waals surface area contributed by atoms with Crippen LogP contribution in [0, 0.1) is 0 Å². The second kappa shape index (κ2) is 18.9. The summed E-state index contributed by atoms with van der Waals surface area (Å²) in [6, 6.07) is 0. The molecule has 0 fully saturated rings. The summed E-state index contributed by atoms with van der Waals surface area (Å²) >= 11 is 0. The quantitative estimate of drug-likeness (QED) is 0.0799. The fourth-order valence-electron chi connectivity index (χ4n) is 4.93. The molecule has 55 heteroatoms. The number of halogens is 55. The molecule has 0 nitrogen and oxygen atoms in total. The van der Waals surface area contributed by atoms with Gasteiger partial charge in [0.1, 0.15) is 6.33 Å². The highest BCUT2D eigenvalue weighted by atomic mass is 19.5. The summed E-state index contributed by atoms with van der Waals surface area (Å²) in [6.45, 7) is 0. The van der Waals surface area contributed by atoms with E-state index in [1.807, 2.05) is 0 Å². The number of hydrogen-bond donors (Lipinski definition) is 0. The number of alkyl halides is 53. The second-order valence-electron chi connectivity index (χ2n) is 15.3. The molecule has 0 atom stereocenters. The molecule has 0 spiro atoms. The summed E-state index contributed by atoms with van der Waals surface area (Å²) in [7, 11) is 0. The second-order valence-corrected chi connectivity index (χ2v) is 15.3. The maximum atomic E-state index is 14.2. The van der Waals surface area contributed by atoms with Crippen LogP contribution in [0.2, 0.25) is 0 Å². The lowest BCUT2D eigenvalue weighted by atomic mass is 9.81. The first-order valence-electron chi connectivity index (χ1n) is 17.2. The van der Waals surface area contributed by atoms with Crippen molar-refractivity contribution in [3.63, 3.8) is 0 Å². The van der Waals surface area contributed by atoms with Gasteiger partial charge in [-0.15, -0.1) is 0 Å². The number of hydrogen-bond acceptors (Lipinski definition) is 0. The first-order chi connectivity index (χ1) is 34.7. The molecule has 0 rings (SSSR count).